The van der Waals surface area contributed by atoms with Gasteiger partial charge < -0.3 is 14.6 Å². The minimum absolute atomic E-state index is 0.0332. The molecule has 2 aromatic carbocycles. The number of aryl methyl sites for hydroxylation is 2. The maximum Gasteiger partial charge on any atom is 0.275 e. The molecule has 0 aliphatic rings. The third-order valence-corrected chi connectivity index (χ3v) is 6.00. The third kappa shape index (κ3) is 5.13. The van der Waals surface area contributed by atoms with Crippen molar-refractivity contribution in [2.24, 2.45) is 0 Å². The van der Waals surface area contributed by atoms with Crippen LogP contribution in [-0.2, 0) is 21.4 Å². The molecule has 1 aromatic heterocycles. The van der Waals surface area contributed by atoms with Crippen molar-refractivity contribution < 1.29 is 17.9 Å². The van der Waals surface area contributed by atoms with Gasteiger partial charge in [0, 0.05) is 5.69 Å². The number of amides is 1. The van der Waals surface area contributed by atoms with Gasteiger partial charge >= 0.3 is 0 Å². The van der Waals surface area contributed by atoms with Crippen LogP contribution in [-0.4, -0.2) is 26.0 Å². The summed E-state index contributed by atoms with van der Waals surface area (Å²) >= 11 is 0. The number of methoxy groups -OCH3 is 1. The van der Waals surface area contributed by atoms with Crippen LogP contribution in [0, 0.1) is 13.8 Å². The number of carbonyl (C=O) groups is 1. The fraction of sp³-hybridized carbons (Fsp3) is 0.182. The first-order chi connectivity index (χ1) is 14.7. The minimum atomic E-state index is -3.94. The van der Waals surface area contributed by atoms with Gasteiger partial charge in [0.25, 0.3) is 15.6 Å². The summed E-state index contributed by atoms with van der Waals surface area (Å²) in [4.78, 5) is 25.5. The molecule has 9 heteroatoms. The van der Waals surface area contributed by atoms with Crippen molar-refractivity contribution >= 4 is 27.3 Å². The van der Waals surface area contributed by atoms with Crippen molar-refractivity contribution in [3.63, 3.8) is 0 Å². The predicted octanol–water partition coefficient (Wildman–Crippen LogP) is 2.91. The lowest BCUT2D eigenvalue weighted by Crippen LogP contribution is -2.31. The van der Waals surface area contributed by atoms with E-state index in [9.17, 15) is 18.0 Å². The van der Waals surface area contributed by atoms with Crippen LogP contribution < -0.4 is 20.3 Å². The summed E-state index contributed by atoms with van der Waals surface area (Å²) in [6.45, 7) is 3.26. The van der Waals surface area contributed by atoms with E-state index in [0.717, 1.165) is 5.56 Å². The number of ether oxygens (including phenoxy) is 1. The summed E-state index contributed by atoms with van der Waals surface area (Å²) in [5.41, 5.74) is 1.17. The Morgan fingerprint density at radius 2 is 1.71 bits per heavy atom. The molecule has 3 rings (SSSR count). The molecule has 3 aromatic rings. The van der Waals surface area contributed by atoms with E-state index in [1.165, 1.54) is 29.9 Å². The van der Waals surface area contributed by atoms with Crippen LogP contribution in [0.4, 0.5) is 11.4 Å². The number of rotatable bonds is 7. The van der Waals surface area contributed by atoms with Crippen LogP contribution in [0.1, 0.15) is 11.3 Å². The Balaban J connectivity index is 1.85. The third-order valence-electron chi connectivity index (χ3n) is 4.62. The second-order valence-electron chi connectivity index (χ2n) is 6.95. The summed E-state index contributed by atoms with van der Waals surface area (Å²) in [5, 5.41) is 2.74. The van der Waals surface area contributed by atoms with Crippen molar-refractivity contribution in [2.75, 3.05) is 17.1 Å². The van der Waals surface area contributed by atoms with Crippen molar-refractivity contribution in [1.82, 2.24) is 4.57 Å². The molecule has 0 saturated carbocycles. The number of nitrogens with one attached hydrogen (secondary N) is 2. The molecule has 1 heterocycles. The maximum atomic E-state index is 12.9. The summed E-state index contributed by atoms with van der Waals surface area (Å²) in [6, 6.07) is 16.0. The Morgan fingerprint density at radius 1 is 1.00 bits per heavy atom. The first kappa shape index (κ1) is 22.1. The lowest BCUT2D eigenvalue weighted by molar-refractivity contribution is -0.116. The summed E-state index contributed by atoms with van der Waals surface area (Å²) < 4.78 is 33.9. The zero-order valence-electron chi connectivity index (χ0n) is 17.4. The van der Waals surface area contributed by atoms with E-state index in [1.807, 2.05) is 13.0 Å². The Labute approximate surface area is 180 Å². The number of pyridine rings is 1. The van der Waals surface area contributed by atoms with Gasteiger partial charge in [0.05, 0.1) is 17.7 Å². The SMILES string of the molecule is COc1ccc(C)cc1NC(=O)Cn1c(C)ccc(NS(=O)(=O)c2ccccc2)c1=O. The normalized spacial score (nSPS) is 11.1. The zero-order chi connectivity index (χ0) is 22.6. The highest BCUT2D eigenvalue weighted by atomic mass is 32.2. The molecular weight excluding hydrogens is 418 g/mol. The number of hydrogen-bond acceptors (Lipinski definition) is 5. The number of benzene rings is 2. The molecule has 0 atom stereocenters. The fourth-order valence-corrected chi connectivity index (χ4v) is 4.08. The van der Waals surface area contributed by atoms with Gasteiger partial charge in [-0.3, -0.25) is 14.3 Å². The van der Waals surface area contributed by atoms with Gasteiger partial charge in [-0.1, -0.05) is 24.3 Å². The molecule has 2 N–H and O–H groups in total. The molecule has 162 valence electrons. The second kappa shape index (κ2) is 9.05. The van der Waals surface area contributed by atoms with Crippen molar-refractivity contribution in [1.29, 1.82) is 0 Å². The Kier molecular flexibility index (Phi) is 6.45. The van der Waals surface area contributed by atoms with Gasteiger partial charge in [-0.15, -0.1) is 0 Å². The quantitative estimate of drug-likeness (QED) is 0.586. The molecule has 0 fully saturated rings. The molecule has 0 saturated heterocycles. The number of carbonyl (C=O) groups excluding carboxylic acids is 1. The number of hydrogen-bond donors (Lipinski definition) is 2. The Morgan fingerprint density at radius 3 is 2.39 bits per heavy atom. The average Bonchev–Trinajstić information content (AvgIpc) is 2.74. The highest BCUT2D eigenvalue weighted by Crippen LogP contribution is 2.25. The number of aromatic nitrogens is 1. The van der Waals surface area contributed by atoms with E-state index in [-0.39, 0.29) is 17.1 Å². The molecular formula is C22H23N3O5S. The molecule has 0 aliphatic carbocycles. The van der Waals surface area contributed by atoms with Gasteiger partial charge in [-0.05, 0) is 55.8 Å². The van der Waals surface area contributed by atoms with Gasteiger partial charge in [-0.25, -0.2) is 8.42 Å². The summed E-state index contributed by atoms with van der Waals surface area (Å²) in [7, 11) is -2.44. The highest BCUT2D eigenvalue weighted by molar-refractivity contribution is 7.92. The van der Waals surface area contributed by atoms with Crippen molar-refractivity contribution in [3.8, 4) is 5.75 Å². The Hall–Kier alpha value is -3.59. The molecule has 0 aliphatic heterocycles. The van der Waals surface area contributed by atoms with Crippen LogP contribution in [0.15, 0.2) is 70.4 Å². The molecule has 0 radical (unpaired) electrons. The summed E-state index contributed by atoms with van der Waals surface area (Å²) in [5.74, 6) is 0.0459. The van der Waals surface area contributed by atoms with Crippen LogP contribution in [0.5, 0.6) is 5.75 Å². The van der Waals surface area contributed by atoms with E-state index in [1.54, 1.807) is 43.3 Å². The lowest BCUT2D eigenvalue weighted by atomic mass is 10.2. The number of sulfonamides is 1. The van der Waals surface area contributed by atoms with Crippen molar-refractivity contribution in [3.05, 3.63) is 82.3 Å². The fourth-order valence-electron chi connectivity index (χ4n) is 3.00. The Bertz CT molecular complexity index is 1270. The molecule has 0 bridgehead atoms. The van der Waals surface area contributed by atoms with Crippen LogP contribution in [0.2, 0.25) is 0 Å². The van der Waals surface area contributed by atoms with Gasteiger partial charge in [0.15, 0.2) is 0 Å². The largest absolute Gasteiger partial charge is 0.495 e. The number of nitrogens with zero attached hydrogens (tertiary/aromatic N) is 1. The number of anilines is 2. The van der Waals surface area contributed by atoms with Crippen LogP contribution in [0.3, 0.4) is 0 Å². The maximum absolute atomic E-state index is 12.9. The van der Waals surface area contributed by atoms with E-state index < -0.39 is 21.5 Å². The average molecular weight is 442 g/mol. The smallest absolute Gasteiger partial charge is 0.275 e. The van der Waals surface area contributed by atoms with Crippen LogP contribution in [0.25, 0.3) is 0 Å². The molecule has 0 spiro atoms. The predicted molar refractivity (Wildman–Crippen MR) is 119 cm³/mol. The first-order valence-corrected chi connectivity index (χ1v) is 10.9. The zero-order valence-corrected chi connectivity index (χ0v) is 18.2. The highest BCUT2D eigenvalue weighted by Gasteiger charge is 2.18. The topological polar surface area (TPSA) is 106 Å². The van der Waals surface area contributed by atoms with Gasteiger partial charge in [-0.2, -0.15) is 0 Å². The van der Waals surface area contributed by atoms with Gasteiger partial charge in [0.1, 0.15) is 18.0 Å². The van der Waals surface area contributed by atoms with Gasteiger partial charge in [0.2, 0.25) is 5.91 Å². The van der Waals surface area contributed by atoms with E-state index in [4.69, 9.17) is 4.74 Å². The molecule has 0 unspecified atom stereocenters. The van der Waals surface area contributed by atoms with Crippen LogP contribution >= 0.6 is 0 Å². The first-order valence-electron chi connectivity index (χ1n) is 9.44. The molecule has 31 heavy (non-hydrogen) atoms. The minimum Gasteiger partial charge on any atom is -0.495 e. The van der Waals surface area contributed by atoms with E-state index in [2.05, 4.69) is 10.0 Å². The lowest BCUT2D eigenvalue weighted by Gasteiger charge is -2.15. The monoisotopic (exact) mass is 441 g/mol. The van der Waals surface area contributed by atoms with E-state index in [0.29, 0.717) is 17.1 Å². The standard InChI is InChI=1S/C22H23N3O5S/c1-15-9-12-20(30-3)19(13-15)23-21(26)14-25-16(2)10-11-18(22(25)27)24-31(28,29)17-7-5-4-6-8-17/h4-13,24H,14H2,1-3H3,(H,23,26). The second-order valence-corrected chi connectivity index (χ2v) is 8.63. The molecule has 8 nitrogen and oxygen atoms in total. The van der Waals surface area contributed by atoms with Crippen molar-refractivity contribution in [2.45, 2.75) is 25.3 Å². The summed E-state index contributed by atoms with van der Waals surface area (Å²) in [6.07, 6.45) is 0. The molecule has 1 amide bonds. The van der Waals surface area contributed by atoms with E-state index >= 15 is 0 Å².